The highest BCUT2D eigenvalue weighted by molar-refractivity contribution is 5.89. The molecule has 0 saturated heterocycles. The molecule has 0 amide bonds. The topological polar surface area (TPSA) is 93.6 Å². The minimum absolute atomic E-state index is 0.341. The standard InChI is InChI=1S/C20H17N5/c1-12(21)18-19(24-25-20(18)22)15-8-7-14-9-10-16(23-17(14)11-15)13-5-3-2-4-6-13/h2-11H,1,21H2,(H3,22,24,25). The maximum absolute atomic E-state index is 5.89. The highest BCUT2D eigenvalue weighted by Crippen LogP contribution is 2.31. The van der Waals surface area contributed by atoms with Crippen molar-refractivity contribution in [3.05, 3.63) is 72.8 Å². The number of nitrogens with zero attached hydrogens (tertiary/aromatic N) is 2. The molecule has 0 fully saturated rings. The summed E-state index contributed by atoms with van der Waals surface area (Å²) in [7, 11) is 0. The van der Waals surface area contributed by atoms with E-state index in [4.69, 9.17) is 16.5 Å². The van der Waals surface area contributed by atoms with Crippen molar-refractivity contribution in [2.45, 2.75) is 0 Å². The van der Waals surface area contributed by atoms with Crippen LogP contribution >= 0.6 is 0 Å². The van der Waals surface area contributed by atoms with E-state index in [9.17, 15) is 0 Å². The van der Waals surface area contributed by atoms with Crippen LogP contribution in [0.25, 0.3) is 39.1 Å². The fraction of sp³-hybridized carbons (Fsp3) is 0. The summed E-state index contributed by atoms with van der Waals surface area (Å²) < 4.78 is 0. The maximum atomic E-state index is 5.89. The summed E-state index contributed by atoms with van der Waals surface area (Å²) in [5.41, 5.74) is 17.3. The molecule has 0 spiro atoms. The molecule has 122 valence electrons. The maximum Gasteiger partial charge on any atom is 0.155 e. The van der Waals surface area contributed by atoms with E-state index in [1.54, 1.807) is 0 Å². The third-order valence-corrected chi connectivity index (χ3v) is 4.17. The number of nitrogens with two attached hydrogens (primary N) is 2. The van der Waals surface area contributed by atoms with Gasteiger partial charge in [0.05, 0.1) is 22.5 Å². The fourth-order valence-corrected chi connectivity index (χ4v) is 2.93. The monoisotopic (exact) mass is 327 g/mol. The van der Waals surface area contributed by atoms with Crippen LogP contribution in [-0.4, -0.2) is 15.2 Å². The summed E-state index contributed by atoms with van der Waals surface area (Å²) in [5.74, 6) is 0.341. The summed E-state index contributed by atoms with van der Waals surface area (Å²) in [5, 5.41) is 8.05. The number of H-pyrrole nitrogens is 1. The van der Waals surface area contributed by atoms with Crippen LogP contribution in [0, 0.1) is 0 Å². The van der Waals surface area contributed by atoms with Crippen LogP contribution in [0.1, 0.15) is 5.56 Å². The number of hydrogen-bond acceptors (Lipinski definition) is 4. The van der Waals surface area contributed by atoms with Gasteiger partial charge in [-0.2, -0.15) is 5.10 Å². The molecule has 25 heavy (non-hydrogen) atoms. The molecule has 0 atom stereocenters. The third-order valence-electron chi connectivity index (χ3n) is 4.17. The van der Waals surface area contributed by atoms with Crippen LogP contribution in [0.5, 0.6) is 0 Å². The van der Waals surface area contributed by atoms with Crippen molar-refractivity contribution in [2.24, 2.45) is 5.73 Å². The van der Waals surface area contributed by atoms with Crippen molar-refractivity contribution in [2.75, 3.05) is 5.73 Å². The van der Waals surface area contributed by atoms with Gasteiger partial charge < -0.3 is 11.5 Å². The summed E-state index contributed by atoms with van der Waals surface area (Å²) in [6, 6.07) is 20.2. The van der Waals surface area contributed by atoms with Crippen molar-refractivity contribution < 1.29 is 0 Å². The number of benzene rings is 2. The van der Waals surface area contributed by atoms with Crippen LogP contribution in [0.2, 0.25) is 0 Å². The predicted octanol–water partition coefficient (Wildman–Crippen LogP) is 3.80. The first-order valence-corrected chi connectivity index (χ1v) is 7.88. The van der Waals surface area contributed by atoms with E-state index >= 15 is 0 Å². The van der Waals surface area contributed by atoms with Gasteiger partial charge in [-0.05, 0) is 12.1 Å². The molecule has 2 aromatic heterocycles. The first-order valence-electron chi connectivity index (χ1n) is 7.88. The Balaban J connectivity index is 1.86. The molecule has 2 heterocycles. The Hall–Kier alpha value is -3.60. The SMILES string of the molecule is C=C(N)c1c(N)n[nH]c1-c1ccc2ccc(-c3ccccc3)nc2c1. The van der Waals surface area contributed by atoms with Crippen molar-refractivity contribution in [3.63, 3.8) is 0 Å². The largest absolute Gasteiger partial charge is 0.399 e. The molecule has 5 N–H and O–H groups in total. The molecule has 5 heteroatoms. The molecular formula is C20H17N5. The lowest BCUT2D eigenvalue weighted by molar-refractivity contribution is 1.10. The molecule has 0 unspecified atom stereocenters. The Morgan fingerprint density at radius 3 is 2.48 bits per heavy atom. The lowest BCUT2D eigenvalue weighted by atomic mass is 10.0. The second-order valence-corrected chi connectivity index (χ2v) is 5.85. The second-order valence-electron chi connectivity index (χ2n) is 5.85. The van der Waals surface area contributed by atoms with Crippen LogP contribution < -0.4 is 11.5 Å². The van der Waals surface area contributed by atoms with Crippen molar-refractivity contribution in [1.82, 2.24) is 15.2 Å². The minimum Gasteiger partial charge on any atom is -0.399 e. The normalized spacial score (nSPS) is 10.9. The first-order chi connectivity index (χ1) is 12.1. The van der Waals surface area contributed by atoms with E-state index < -0.39 is 0 Å². The highest BCUT2D eigenvalue weighted by Gasteiger charge is 2.14. The number of hydrogen-bond donors (Lipinski definition) is 3. The summed E-state index contributed by atoms with van der Waals surface area (Å²) in [6.45, 7) is 3.78. The van der Waals surface area contributed by atoms with Crippen LogP contribution in [0.15, 0.2) is 67.2 Å². The third kappa shape index (κ3) is 2.61. The number of nitrogen functional groups attached to an aromatic ring is 1. The van der Waals surface area contributed by atoms with Crippen LogP contribution in [0.3, 0.4) is 0 Å². The Morgan fingerprint density at radius 1 is 0.960 bits per heavy atom. The molecule has 0 saturated carbocycles. The molecule has 4 aromatic rings. The van der Waals surface area contributed by atoms with E-state index in [0.717, 1.165) is 33.4 Å². The van der Waals surface area contributed by atoms with Crippen molar-refractivity contribution >= 4 is 22.4 Å². The number of aromatic amines is 1. The second kappa shape index (κ2) is 5.79. The van der Waals surface area contributed by atoms with E-state index in [0.29, 0.717) is 17.1 Å². The molecule has 0 aliphatic heterocycles. The smallest absolute Gasteiger partial charge is 0.155 e. The number of aromatic nitrogens is 3. The number of nitrogens with one attached hydrogen (secondary N) is 1. The summed E-state index contributed by atoms with van der Waals surface area (Å²) in [6.07, 6.45) is 0. The minimum atomic E-state index is 0.341. The summed E-state index contributed by atoms with van der Waals surface area (Å²) >= 11 is 0. The van der Waals surface area contributed by atoms with E-state index in [-0.39, 0.29) is 0 Å². The van der Waals surface area contributed by atoms with Gasteiger partial charge in [-0.15, -0.1) is 0 Å². The average molecular weight is 327 g/mol. The van der Waals surface area contributed by atoms with Gasteiger partial charge >= 0.3 is 0 Å². The zero-order valence-electron chi connectivity index (χ0n) is 13.5. The van der Waals surface area contributed by atoms with Gasteiger partial charge in [0.2, 0.25) is 0 Å². The molecule has 4 rings (SSSR count). The van der Waals surface area contributed by atoms with Gasteiger partial charge in [0.1, 0.15) is 0 Å². The molecule has 5 nitrogen and oxygen atoms in total. The van der Waals surface area contributed by atoms with Gasteiger partial charge in [0, 0.05) is 22.2 Å². The van der Waals surface area contributed by atoms with Crippen molar-refractivity contribution in [3.8, 4) is 22.5 Å². The van der Waals surface area contributed by atoms with E-state index in [1.165, 1.54) is 0 Å². The van der Waals surface area contributed by atoms with Crippen LogP contribution in [-0.2, 0) is 0 Å². The van der Waals surface area contributed by atoms with E-state index in [2.05, 4.69) is 22.8 Å². The van der Waals surface area contributed by atoms with E-state index in [1.807, 2.05) is 54.6 Å². The van der Waals surface area contributed by atoms with Gasteiger partial charge in [0.15, 0.2) is 5.82 Å². The summed E-state index contributed by atoms with van der Waals surface area (Å²) in [4.78, 5) is 4.79. The molecule has 0 bridgehead atoms. The van der Waals surface area contributed by atoms with Gasteiger partial charge in [0.25, 0.3) is 0 Å². The Labute approximate surface area is 145 Å². The lowest BCUT2D eigenvalue weighted by Crippen LogP contribution is -1.99. The molecule has 2 aromatic carbocycles. The number of rotatable bonds is 3. The van der Waals surface area contributed by atoms with Crippen molar-refractivity contribution in [1.29, 1.82) is 0 Å². The Kier molecular flexibility index (Phi) is 3.47. The van der Waals surface area contributed by atoms with Gasteiger partial charge in [-0.25, -0.2) is 4.98 Å². The number of anilines is 1. The molecule has 0 aliphatic carbocycles. The average Bonchev–Trinajstić information content (AvgIpc) is 3.03. The highest BCUT2D eigenvalue weighted by atomic mass is 15.2. The number of pyridine rings is 1. The quantitative estimate of drug-likeness (QED) is 0.533. The molecule has 0 aliphatic rings. The zero-order valence-corrected chi connectivity index (χ0v) is 13.5. The fourth-order valence-electron chi connectivity index (χ4n) is 2.93. The number of fused-ring (bicyclic) bond motifs is 1. The molecular weight excluding hydrogens is 310 g/mol. The Bertz CT molecular complexity index is 1080. The lowest BCUT2D eigenvalue weighted by Gasteiger charge is -2.07. The van der Waals surface area contributed by atoms with Crippen LogP contribution in [0.4, 0.5) is 5.82 Å². The molecule has 0 radical (unpaired) electrons. The predicted molar refractivity (Wildman–Crippen MR) is 102 cm³/mol. The zero-order chi connectivity index (χ0) is 17.4. The first kappa shape index (κ1) is 15.0. The Morgan fingerprint density at radius 2 is 1.72 bits per heavy atom. The van der Waals surface area contributed by atoms with Gasteiger partial charge in [-0.3, -0.25) is 5.10 Å². The van der Waals surface area contributed by atoms with Gasteiger partial charge in [-0.1, -0.05) is 55.1 Å².